The summed E-state index contributed by atoms with van der Waals surface area (Å²) in [6.45, 7) is 2.14. The maximum atomic E-state index is 12.3. The number of piperidine rings is 1. The van der Waals surface area contributed by atoms with Crippen LogP contribution in [0.2, 0.25) is 0 Å². The molecule has 0 atom stereocenters. The summed E-state index contributed by atoms with van der Waals surface area (Å²) in [7, 11) is 0. The number of hydrogen-bond donors (Lipinski definition) is 1. The monoisotopic (exact) mass is 305 g/mol. The van der Waals surface area contributed by atoms with E-state index in [0.29, 0.717) is 5.92 Å². The highest BCUT2D eigenvalue weighted by atomic mass is 79.9. The standard InChI is InChI=1S/C15H16BrNO/c16-13-1-2-14-11(9-13)8-12(15(14)18)7-10-3-5-17-6-4-10/h1-2,7,9-10,17H,3-6,8H2/b12-7+. The van der Waals surface area contributed by atoms with Gasteiger partial charge in [0.25, 0.3) is 0 Å². The maximum absolute atomic E-state index is 12.3. The van der Waals surface area contributed by atoms with Gasteiger partial charge >= 0.3 is 0 Å². The van der Waals surface area contributed by atoms with Crippen molar-refractivity contribution in [3.8, 4) is 0 Å². The molecule has 1 saturated heterocycles. The van der Waals surface area contributed by atoms with E-state index in [1.54, 1.807) is 0 Å². The van der Waals surface area contributed by atoms with Crippen LogP contribution in [0.25, 0.3) is 0 Å². The van der Waals surface area contributed by atoms with E-state index >= 15 is 0 Å². The predicted octanol–water partition coefficient (Wildman–Crippen LogP) is 3.11. The van der Waals surface area contributed by atoms with E-state index in [2.05, 4.69) is 33.4 Å². The average Bonchev–Trinajstić information content (AvgIpc) is 2.67. The molecule has 1 N–H and O–H groups in total. The molecule has 0 unspecified atom stereocenters. The van der Waals surface area contributed by atoms with E-state index < -0.39 is 0 Å². The second kappa shape index (κ2) is 4.98. The number of carbonyl (C=O) groups excluding carboxylic acids is 1. The molecule has 1 aliphatic carbocycles. The molecule has 0 bridgehead atoms. The fraction of sp³-hybridized carbons (Fsp3) is 0.400. The van der Waals surface area contributed by atoms with Gasteiger partial charge in [-0.2, -0.15) is 0 Å². The Morgan fingerprint density at radius 3 is 2.83 bits per heavy atom. The summed E-state index contributed by atoms with van der Waals surface area (Å²) in [6, 6.07) is 5.95. The lowest BCUT2D eigenvalue weighted by atomic mass is 9.94. The molecule has 0 radical (unpaired) electrons. The first-order chi connectivity index (χ1) is 8.74. The average molecular weight is 306 g/mol. The summed E-state index contributed by atoms with van der Waals surface area (Å²) in [5, 5.41) is 3.36. The number of halogens is 1. The number of allylic oxidation sites excluding steroid dienone is 2. The van der Waals surface area contributed by atoms with Crippen LogP contribution in [0.15, 0.2) is 34.3 Å². The molecule has 0 aromatic heterocycles. The van der Waals surface area contributed by atoms with Gasteiger partial charge in [0, 0.05) is 22.0 Å². The Hall–Kier alpha value is -0.930. The van der Waals surface area contributed by atoms with Gasteiger partial charge in [-0.05, 0) is 55.6 Å². The third kappa shape index (κ3) is 2.29. The number of Topliss-reactive ketones (excluding diaryl/α,β-unsaturated/α-hetero) is 1. The zero-order chi connectivity index (χ0) is 12.5. The van der Waals surface area contributed by atoms with E-state index in [-0.39, 0.29) is 5.78 Å². The van der Waals surface area contributed by atoms with Crippen LogP contribution in [-0.4, -0.2) is 18.9 Å². The fourth-order valence-electron chi connectivity index (χ4n) is 2.82. The molecule has 94 valence electrons. The summed E-state index contributed by atoms with van der Waals surface area (Å²) < 4.78 is 1.05. The van der Waals surface area contributed by atoms with Crippen molar-refractivity contribution in [3.63, 3.8) is 0 Å². The van der Waals surface area contributed by atoms with Crippen molar-refractivity contribution >= 4 is 21.7 Å². The van der Waals surface area contributed by atoms with E-state index in [1.165, 1.54) is 0 Å². The van der Waals surface area contributed by atoms with Gasteiger partial charge in [-0.15, -0.1) is 0 Å². The minimum absolute atomic E-state index is 0.232. The number of fused-ring (bicyclic) bond motifs is 1. The van der Waals surface area contributed by atoms with Crippen molar-refractivity contribution in [2.24, 2.45) is 5.92 Å². The van der Waals surface area contributed by atoms with Crippen LogP contribution in [0, 0.1) is 5.92 Å². The Morgan fingerprint density at radius 1 is 1.28 bits per heavy atom. The Kier molecular flexibility index (Phi) is 3.35. The van der Waals surface area contributed by atoms with Crippen LogP contribution in [-0.2, 0) is 6.42 Å². The second-order valence-electron chi connectivity index (χ2n) is 5.09. The number of hydrogen-bond acceptors (Lipinski definition) is 2. The Bertz CT molecular complexity index is 515. The van der Waals surface area contributed by atoms with Crippen molar-refractivity contribution < 1.29 is 4.79 Å². The molecule has 0 spiro atoms. The van der Waals surface area contributed by atoms with Crippen molar-refractivity contribution in [3.05, 3.63) is 45.4 Å². The molecular weight excluding hydrogens is 290 g/mol. The molecule has 3 heteroatoms. The van der Waals surface area contributed by atoms with Crippen molar-refractivity contribution in [2.45, 2.75) is 19.3 Å². The van der Waals surface area contributed by atoms with Crippen molar-refractivity contribution in [2.75, 3.05) is 13.1 Å². The van der Waals surface area contributed by atoms with Crippen LogP contribution < -0.4 is 5.32 Å². The largest absolute Gasteiger partial charge is 0.317 e. The fourth-order valence-corrected chi connectivity index (χ4v) is 3.23. The van der Waals surface area contributed by atoms with Crippen molar-refractivity contribution in [1.29, 1.82) is 0 Å². The number of carbonyl (C=O) groups is 1. The lowest BCUT2D eigenvalue weighted by Gasteiger charge is -2.19. The Balaban J connectivity index is 1.85. The highest BCUT2D eigenvalue weighted by Gasteiger charge is 2.25. The number of rotatable bonds is 1. The zero-order valence-corrected chi connectivity index (χ0v) is 11.8. The van der Waals surface area contributed by atoms with Gasteiger partial charge in [0.1, 0.15) is 0 Å². The quantitative estimate of drug-likeness (QED) is 0.808. The third-order valence-electron chi connectivity index (χ3n) is 3.81. The van der Waals surface area contributed by atoms with Crippen LogP contribution in [0.1, 0.15) is 28.8 Å². The van der Waals surface area contributed by atoms with Gasteiger partial charge in [-0.1, -0.05) is 22.0 Å². The molecular formula is C15H16BrNO. The molecule has 1 aromatic carbocycles. The first-order valence-corrected chi connectivity index (χ1v) is 7.28. The highest BCUT2D eigenvalue weighted by Crippen LogP contribution is 2.30. The van der Waals surface area contributed by atoms with Crippen LogP contribution in [0.3, 0.4) is 0 Å². The summed E-state index contributed by atoms with van der Waals surface area (Å²) in [4.78, 5) is 12.3. The van der Waals surface area contributed by atoms with Crippen LogP contribution in [0.5, 0.6) is 0 Å². The van der Waals surface area contributed by atoms with E-state index in [0.717, 1.165) is 53.5 Å². The SMILES string of the molecule is O=C1/C(=C/C2CCNCC2)Cc2cc(Br)ccc21. The second-order valence-corrected chi connectivity index (χ2v) is 6.00. The van der Waals surface area contributed by atoms with Gasteiger partial charge in [-0.25, -0.2) is 0 Å². The van der Waals surface area contributed by atoms with E-state index in [1.807, 2.05) is 12.1 Å². The Labute approximate surface area is 116 Å². The van der Waals surface area contributed by atoms with Gasteiger partial charge in [-0.3, -0.25) is 4.79 Å². The predicted molar refractivity (Wildman–Crippen MR) is 75.9 cm³/mol. The lowest BCUT2D eigenvalue weighted by molar-refractivity contribution is 0.103. The topological polar surface area (TPSA) is 29.1 Å². The van der Waals surface area contributed by atoms with Gasteiger partial charge < -0.3 is 5.32 Å². The van der Waals surface area contributed by atoms with E-state index in [9.17, 15) is 4.79 Å². The van der Waals surface area contributed by atoms with Gasteiger partial charge in [0.2, 0.25) is 0 Å². The zero-order valence-electron chi connectivity index (χ0n) is 10.2. The molecule has 1 aromatic rings. The molecule has 3 rings (SSSR count). The van der Waals surface area contributed by atoms with Crippen molar-refractivity contribution in [1.82, 2.24) is 5.32 Å². The first-order valence-electron chi connectivity index (χ1n) is 6.48. The molecule has 2 aliphatic rings. The Morgan fingerprint density at radius 2 is 2.06 bits per heavy atom. The molecule has 0 saturated carbocycles. The number of nitrogens with one attached hydrogen (secondary N) is 1. The molecule has 1 heterocycles. The first kappa shape index (κ1) is 12.1. The normalized spacial score (nSPS) is 22.5. The third-order valence-corrected chi connectivity index (χ3v) is 4.30. The summed E-state index contributed by atoms with van der Waals surface area (Å²) in [5.41, 5.74) is 3.04. The molecule has 1 aliphatic heterocycles. The summed E-state index contributed by atoms with van der Waals surface area (Å²) in [5.74, 6) is 0.805. The number of benzene rings is 1. The number of ketones is 1. The highest BCUT2D eigenvalue weighted by molar-refractivity contribution is 9.10. The van der Waals surface area contributed by atoms with Gasteiger partial charge in [0.05, 0.1) is 0 Å². The molecule has 18 heavy (non-hydrogen) atoms. The minimum Gasteiger partial charge on any atom is -0.317 e. The van der Waals surface area contributed by atoms with Crippen LogP contribution in [0.4, 0.5) is 0 Å². The molecule has 0 amide bonds. The minimum atomic E-state index is 0.232. The molecule has 1 fully saturated rings. The maximum Gasteiger partial charge on any atom is 0.189 e. The van der Waals surface area contributed by atoms with E-state index in [4.69, 9.17) is 0 Å². The van der Waals surface area contributed by atoms with Crippen LogP contribution >= 0.6 is 15.9 Å². The lowest BCUT2D eigenvalue weighted by Crippen LogP contribution is -2.27. The summed E-state index contributed by atoms with van der Waals surface area (Å²) >= 11 is 3.46. The van der Waals surface area contributed by atoms with Gasteiger partial charge in [0.15, 0.2) is 5.78 Å². The smallest absolute Gasteiger partial charge is 0.189 e. The summed E-state index contributed by atoms with van der Waals surface area (Å²) in [6.07, 6.45) is 5.32. The molecule has 2 nitrogen and oxygen atoms in total.